The van der Waals surface area contributed by atoms with E-state index >= 15 is 0 Å². The molecule has 1 aliphatic carbocycles. The molecule has 2 unspecified atom stereocenters. The summed E-state index contributed by atoms with van der Waals surface area (Å²) in [5, 5.41) is 0. The summed E-state index contributed by atoms with van der Waals surface area (Å²) in [4.78, 5) is 4.75. The first-order valence-corrected chi connectivity index (χ1v) is 7.35. The Balaban J connectivity index is 1.97. The van der Waals surface area contributed by atoms with Crippen molar-refractivity contribution in [2.45, 2.75) is 38.5 Å². The van der Waals surface area contributed by atoms with Crippen LogP contribution in [0.3, 0.4) is 0 Å². The fourth-order valence-electron chi connectivity index (χ4n) is 3.24. The van der Waals surface area contributed by atoms with Gasteiger partial charge in [0.25, 0.3) is 0 Å². The van der Waals surface area contributed by atoms with Gasteiger partial charge in [0.15, 0.2) is 5.82 Å². The average molecular weight is 270 g/mol. The number of nitrogen functional groups attached to an aromatic ring is 2. The topological polar surface area (TPSA) is 69.9 Å². The van der Waals surface area contributed by atoms with E-state index in [1.54, 1.807) is 0 Å². The van der Waals surface area contributed by atoms with E-state index in [9.17, 15) is 0 Å². The fourth-order valence-corrected chi connectivity index (χ4v) is 3.24. The Bertz CT molecular complexity index is 588. The molecule has 4 N–H and O–H groups in total. The van der Waals surface area contributed by atoms with E-state index < -0.39 is 0 Å². The number of hydrogen-bond donors (Lipinski definition) is 2. The van der Waals surface area contributed by atoms with E-state index in [1.165, 1.54) is 23.9 Å². The van der Waals surface area contributed by atoms with Gasteiger partial charge in [-0.15, -0.1) is 0 Å². The summed E-state index contributed by atoms with van der Waals surface area (Å²) in [6.45, 7) is 2.31. The van der Waals surface area contributed by atoms with Gasteiger partial charge in [-0.3, -0.25) is 0 Å². The van der Waals surface area contributed by atoms with Gasteiger partial charge in [0.1, 0.15) is 5.82 Å². The molecule has 1 heterocycles. The van der Waals surface area contributed by atoms with Gasteiger partial charge in [0.05, 0.1) is 5.69 Å². The summed E-state index contributed by atoms with van der Waals surface area (Å²) < 4.78 is 1.53. The maximum absolute atomic E-state index is 6.19. The molecular formula is C16H22N4. The zero-order chi connectivity index (χ0) is 14.1. The lowest BCUT2D eigenvalue weighted by Crippen LogP contribution is -2.16. The summed E-state index contributed by atoms with van der Waals surface area (Å²) in [5.74, 6) is 8.68. The van der Waals surface area contributed by atoms with Gasteiger partial charge in [-0.1, -0.05) is 50.1 Å². The van der Waals surface area contributed by atoms with Gasteiger partial charge in [-0.05, 0) is 18.8 Å². The minimum atomic E-state index is 0.450. The molecule has 0 bridgehead atoms. The molecule has 2 atom stereocenters. The molecule has 2 aromatic rings. The Hall–Kier alpha value is -1.97. The molecule has 0 amide bonds. The molecule has 4 heteroatoms. The molecule has 0 spiro atoms. The van der Waals surface area contributed by atoms with Crippen LogP contribution in [0.1, 0.15) is 44.2 Å². The maximum atomic E-state index is 6.19. The zero-order valence-corrected chi connectivity index (χ0v) is 11.9. The molecule has 0 radical (unpaired) electrons. The number of aromatic nitrogens is 2. The van der Waals surface area contributed by atoms with Crippen molar-refractivity contribution < 1.29 is 0 Å². The van der Waals surface area contributed by atoms with Crippen molar-refractivity contribution in [2.75, 3.05) is 11.6 Å². The predicted molar refractivity (Wildman–Crippen MR) is 82.6 cm³/mol. The summed E-state index contributed by atoms with van der Waals surface area (Å²) >= 11 is 0. The Morgan fingerprint density at radius 2 is 1.95 bits per heavy atom. The van der Waals surface area contributed by atoms with Crippen LogP contribution in [-0.2, 0) is 0 Å². The molecule has 0 aliphatic heterocycles. The minimum Gasteiger partial charge on any atom is -0.382 e. The molecule has 1 aliphatic rings. The van der Waals surface area contributed by atoms with Crippen LogP contribution in [0, 0.1) is 5.92 Å². The number of anilines is 1. The number of nitrogens with zero attached hydrogens (tertiary/aromatic N) is 2. The molecule has 3 rings (SSSR count). The zero-order valence-electron chi connectivity index (χ0n) is 11.9. The highest BCUT2D eigenvalue weighted by molar-refractivity contribution is 5.61. The van der Waals surface area contributed by atoms with Gasteiger partial charge in [0, 0.05) is 11.5 Å². The monoisotopic (exact) mass is 270 g/mol. The minimum absolute atomic E-state index is 0.450. The van der Waals surface area contributed by atoms with E-state index in [4.69, 9.17) is 16.6 Å². The molecule has 1 fully saturated rings. The number of nitrogens with two attached hydrogens (primary N) is 2. The van der Waals surface area contributed by atoms with Crippen LogP contribution in [0.4, 0.5) is 5.82 Å². The highest BCUT2D eigenvalue weighted by Crippen LogP contribution is 2.38. The third kappa shape index (κ3) is 2.26. The highest BCUT2D eigenvalue weighted by atomic mass is 15.4. The molecule has 20 heavy (non-hydrogen) atoms. The van der Waals surface area contributed by atoms with Crippen molar-refractivity contribution >= 4 is 5.82 Å². The van der Waals surface area contributed by atoms with E-state index in [0.717, 1.165) is 29.4 Å². The van der Waals surface area contributed by atoms with Crippen LogP contribution in [0.2, 0.25) is 0 Å². The maximum Gasteiger partial charge on any atom is 0.160 e. The Morgan fingerprint density at radius 1 is 1.20 bits per heavy atom. The summed E-state index contributed by atoms with van der Waals surface area (Å²) in [7, 11) is 0. The first kappa shape index (κ1) is 13.0. The second-order valence-electron chi connectivity index (χ2n) is 5.91. The van der Waals surface area contributed by atoms with Crippen LogP contribution in [0.25, 0.3) is 11.4 Å². The standard InChI is InChI=1S/C16H22N4/c1-11-6-5-9-13(10-11)14-15(17)20(18)16(19-14)12-7-3-2-4-8-12/h2-4,7-8,11,13H,5-6,9-10,17-18H2,1H3. The van der Waals surface area contributed by atoms with Crippen molar-refractivity contribution in [1.29, 1.82) is 0 Å². The normalized spacial score (nSPS) is 22.9. The quantitative estimate of drug-likeness (QED) is 0.824. The van der Waals surface area contributed by atoms with Crippen molar-refractivity contribution in [1.82, 2.24) is 9.66 Å². The second kappa shape index (κ2) is 5.19. The van der Waals surface area contributed by atoms with E-state index in [1.807, 2.05) is 30.3 Å². The third-order valence-corrected chi connectivity index (χ3v) is 4.33. The van der Waals surface area contributed by atoms with Gasteiger partial charge >= 0.3 is 0 Å². The van der Waals surface area contributed by atoms with E-state index in [2.05, 4.69) is 6.92 Å². The van der Waals surface area contributed by atoms with Crippen LogP contribution in [0.15, 0.2) is 30.3 Å². The van der Waals surface area contributed by atoms with Crippen LogP contribution in [0.5, 0.6) is 0 Å². The fraction of sp³-hybridized carbons (Fsp3) is 0.438. The van der Waals surface area contributed by atoms with Gasteiger partial charge in [-0.25, -0.2) is 9.66 Å². The molecule has 1 saturated carbocycles. The van der Waals surface area contributed by atoms with E-state index in [-0.39, 0.29) is 0 Å². The highest BCUT2D eigenvalue weighted by Gasteiger charge is 2.26. The first-order chi connectivity index (χ1) is 9.66. The number of hydrogen-bond acceptors (Lipinski definition) is 3. The van der Waals surface area contributed by atoms with Crippen LogP contribution < -0.4 is 11.6 Å². The van der Waals surface area contributed by atoms with Crippen molar-refractivity contribution in [3.63, 3.8) is 0 Å². The smallest absolute Gasteiger partial charge is 0.160 e. The Labute approximate surface area is 119 Å². The first-order valence-electron chi connectivity index (χ1n) is 7.35. The third-order valence-electron chi connectivity index (χ3n) is 4.33. The van der Waals surface area contributed by atoms with Gasteiger partial charge < -0.3 is 11.6 Å². The SMILES string of the molecule is CC1CCCC(c2nc(-c3ccccc3)n(N)c2N)C1. The van der Waals surface area contributed by atoms with Gasteiger partial charge in [0.2, 0.25) is 0 Å². The predicted octanol–water partition coefficient (Wildman–Crippen LogP) is 3.14. The number of benzene rings is 1. The van der Waals surface area contributed by atoms with Crippen molar-refractivity contribution in [3.8, 4) is 11.4 Å². The van der Waals surface area contributed by atoms with Gasteiger partial charge in [-0.2, -0.15) is 0 Å². The van der Waals surface area contributed by atoms with Crippen LogP contribution in [-0.4, -0.2) is 9.66 Å². The van der Waals surface area contributed by atoms with Crippen molar-refractivity contribution in [3.05, 3.63) is 36.0 Å². The number of imidazole rings is 1. The largest absolute Gasteiger partial charge is 0.382 e. The van der Waals surface area contributed by atoms with Crippen molar-refractivity contribution in [2.24, 2.45) is 5.92 Å². The summed E-state index contributed by atoms with van der Waals surface area (Å²) in [6.07, 6.45) is 4.89. The van der Waals surface area contributed by atoms with E-state index in [0.29, 0.717) is 11.7 Å². The lowest BCUT2D eigenvalue weighted by atomic mass is 9.81. The Kier molecular flexibility index (Phi) is 3.38. The average Bonchev–Trinajstić information content (AvgIpc) is 2.76. The lowest BCUT2D eigenvalue weighted by molar-refractivity contribution is 0.341. The summed E-state index contributed by atoms with van der Waals surface area (Å²) in [5.41, 5.74) is 8.19. The molecule has 106 valence electrons. The molecule has 4 nitrogen and oxygen atoms in total. The molecule has 1 aromatic carbocycles. The summed E-state index contributed by atoms with van der Waals surface area (Å²) in [6, 6.07) is 9.99. The Morgan fingerprint density at radius 3 is 2.65 bits per heavy atom. The second-order valence-corrected chi connectivity index (χ2v) is 5.91. The number of rotatable bonds is 2. The molecule has 1 aromatic heterocycles. The molecule has 0 saturated heterocycles. The van der Waals surface area contributed by atoms with Crippen LogP contribution >= 0.6 is 0 Å². The molecular weight excluding hydrogens is 248 g/mol. The lowest BCUT2D eigenvalue weighted by Gasteiger charge is -2.25.